The second-order valence-electron chi connectivity index (χ2n) is 4.92. The first-order valence-corrected chi connectivity index (χ1v) is 7.38. The molecule has 0 spiro atoms. The lowest BCUT2D eigenvalue weighted by Crippen LogP contribution is -2.31. The lowest BCUT2D eigenvalue weighted by Gasteiger charge is -2.19. The molecule has 0 saturated carbocycles. The number of hydrogen-bond donors (Lipinski definition) is 1. The van der Waals surface area contributed by atoms with E-state index in [1.165, 1.54) is 12.1 Å². The molecule has 3 rings (SSSR count). The van der Waals surface area contributed by atoms with E-state index < -0.39 is 11.2 Å². The van der Waals surface area contributed by atoms with Crippen molar-refractivity contribution in [3.05, 3.63) is 69.5 Å². The van der Waals surface area contributed by atoms with Crippen molar-refractivity contribution in [3.8, 4) is 0 Å². The number of carbonyl (C=O) groups excluding carboxylic acids is 1. The van der Waals surface area contributed by atoms with E-state index in [2.05, 4.69) is 5.32 Å². The number of rotatable bonds is 2. The molecule has 1 amide bonds. The van der Waals surface area contributed by atoms with Crippen LogP contribution in [0.25, 0.3) is 0 Å². The van der Waals surface area contributed by atoms with Gasteiger partial charge in [0.25, 0.3) is 5.91 Å². The molecule has 1 aliphatic rings. The largest absolute Gasteiger partial charge is 0.352 e. The average molecular weight is 324 g/mol. The van der Waals surface area contributed by atoms with Crippen LogP contribution < -0.4 is 5.32 Å². The topological polar surface area (TPSA) is 29.1 Å². The van der Waals surface area contributed by atoms with Gasteiger partial charge in [-0.25, -0.2) is 4.39 Å². The van der Waals surface area contributed by atoms with Crippen LogP contribution in [0, 0.1) is 5.82 Å². The number of benzene rings is 2. The summed E-state index contributed by atoms with van der Waals surface area (Å²) in [5.74, 6) is -0.578. The Labute approximate surface area is 131 Å². The standard InChI is InChI=1S/C16H12Cl2FNO/c17-12-2-1-3-13(19)14(12)15(18)10-5-4-9-6-7-20-16(21)11(9)8-10/h1-5,8,15H,6-7H2,(H,20,21). The van der Waals surface area contributed by atoms with Crippen molar-refractivity contribution < 1.29 is 9.18 Å². The zero-order valence-corrected chi connectivity index (χ0v) is 12.5. The fraction of sp³-hybridized carbons (Fsp3) is 0.188. The van der Waals surface area contributed by atoms with Crippen molar-refractivity contribution in [2.24, 2.45) is 0 Å². The van der Waals surface area contributed by atoms with Crippen LogP contribution in [0.3, 0.4) is 0 Å². The zero-order chi connectivity index (χ0) is 15.0. The molecule has 0 bridgehead atoms. The van der Waals surface area contributed by atoms with Crippen molar-refractivity contribution >= 4 is 29.1 Å². The van der Waals surface area contributed by atoms with Crippen molar-refractivity contribution in [2.45, 2.75) is 11.8 Å². The van der Waals surface area contributed by atoms with Crippen molar-refractivity contribution in [1.82, 2.24) is 5.32 Å². The molecule has 0 aliphatic carbocycles. The van der Waals surface area contributed by atoms with Gasteiger partial charge in [-0.15, -0.1) is 11.6 Å². The van der Waals surface area contributed by atoms with Gasteiger partial charge in [-0.2, -0.15) is 0 Å². The second kappa shape index (κ2) is 5.66. The molecule has 108 valence electrons. The predicted octanol–water partition coefficient (Wildman–Crippen LogP) is 4.09. The molecule has 1 heterocycles. The van der Waals surface area contributed by atoms with Crippen LogP contribution in [0.5, 0.6) is 0 Å². The van der Waals surface area contributed by atoms with Crippen LogP contribution in [-0.4, -0.2) is 12.5 Å². The maximum atomic E-state index is 14.0. The number of alkyl halides is 1. The van der Waals surface area contributed by atoms with Gasteiger partial charge in [-0.1, -0.05) is 29.8 Å². The maximum absolute atomic E-state index is 14.0. The molecule has 1 atom stereocenters. The molecule has 0 fully saturated rings. The number of hydrogen-bond acceptors (Lipinski definition) is 1. The summed E-state index contributed by atoms with van der Waals surface area (Å²) in [5.41, 5.74) is 2.46. The summed E-state index contributed by atoms with van der Waals surface area (Å²) in [6.07, 6.45) is 0.786. The molecule has 5 heteroatoms. The van der Waals surface area contributed by atoms with Gasteiger partial charge in [0.15, 0.2) is 0 Å². The predicted molar refractivity (Wildman–Crippen MR) is 81.6 cm³/mol. The third-order valence-electron chi connectivity index (χ3n) is 3.60. The number of halogens is 3. The Morgan fingerprint density at radius 2 is 2.05 bits per heavy atom. The molecular weight excluding hydrogens is 312 g/mol. The van der Waals surface area contributed by atoms with Gasteiger partial charge in [0.1, 0.15) is 5.82 Å². The number of carbonyl (C=O) groups is 1. The fourth-order valence-corrected chi connectivity index (χ4v) is 3.19. The lowest BCUT2D eigenvalue weighted by atomic mass is 9.95. The van der Waals surface area contributed by atoms with Gasteiger partial charge in [-0.05, 0) is 35.7 Å². The van der Waals surface area contributed by atoms with E-state index in [0.29, 0.717) is 17.7 Å². The molecule has 0 saturated heterocycles. The van der Waals surface area contributed by atoms with Crippen LogP contribution in [0.1, 0.15) is 32.4 Å². The fourth-order valence-electron chi connectivity index (χ4n) is 2.51. The van der Waals surface area contributed by atoms with E-state index in [1.54, 1.807) is 12.1 Å². The van der Waals surface area contributed by atoms with E-state index in [0.717, 1.165) is 12.0 Å². The first-order chi connectivity index (χ1) is 10.1. The van der Waals surface area contributed by atoms with Crippen LogP contribution in [0.4, 0.5) is 4.39 Å². The molecular formula is C16H12Cl2FNO. The molecule has 0 aromatic heterocycles. The SMILES string of the molecule is O=C1NCCc2ccc(C(Cl)c3c(F)cccc3Cl)cc21. The highest BCUT2D eigenvalue weighted by Crippen LogP contribution is 2.36. The molecule has 1 unspecified atom stereocenters. The zero-order valence-electron chi connectivity index (χ0n) is 11.0. The van der Waals surface area contributed by atoms with Gasteiger partial charge in [0.2, 0.25) is 0 Å². The van der Waals surface area contributed by atoms with Crippen molar-refractivity contribution in [2.75, 3.05) is 6.54 Å². The minimum atomic E-state index is -0.737. The molecule has 1 N–H and O–H groups in total. The van der Waals surface area contributed by atoms with Gasteiger partial charge < -0.3 is 5.32 Å². The van der Waals surface area contributed by atoms with Crippen LogP contribution in [-0.2, 0) is 6.42 Å². The normalized spacial score (nSPS) is 15.3. The van der Waals surface area contributed by atoms with E-state index in [-0.39, 0.29) is 16.5 Å². The van der Waals surface area contributed by atoms with Gasteiger partial charge in [0.05, 0.1) is 5.38 Å². The molecule has 1 aliphatic heterocycles. The smallest absolute Gasteiger partial charge is 0.251 e. The van der Waals surface area contributed by atoms with Gasteiger partial charge in [0, 0.05) is 22.7 Å². The number of fused-ring (bicyclic) bond motifs is 1. The Balaban J connectivity index is 2.05. The van der Waals surface area contributed by atoms with E-state index in [9.17, 15) is 9.18 Å². The van der Waals surface area contributed by atoms with Crippen molar-refractivity contribution in [3.63, 3.8) is 0 Å². The molecule has 0 radical (unpaired) electrons. The summed E-state index contributed by atoms with van der Waals surface area (Å²) < 4.78 is 14.0. The highest BCUT2D eigenvalue weighted by atomic mass is 35.5. The maximum Gasteiger partial charge on any atom is 0.251 e. The Bertz CT molecular complexity index is 697. The Morgan fingerprint density at radius 1 is 1.24 bits per heavy atom. The van der Waals surface area contributed by atoms with Crippen molar-refractivity contribution in [1.29, 1.82) is 0 Å². The Hall–Kier alpha value is -1.58. The summed E-state index contributed by atoms with van der Waals surface area (Å²) in [5, 5.41) is 2.32. The lowest BCUT2D eigenvalue weighted by molar-refractivity contribution is 0.0946. The van der Waals surface area contributed by atoms with E-state index >= 15 is 0 Å². The highest BCUT2D eigenvalue weighted by Gasteiger charge is 2.22. The van der Waals surface area contributed by atoms with Gasteiger partial charge in [-0.3, -0.25) is 4.79 Å². The quantitative estimate of drug-likeness (QED) is 0.828. The van der Waals surface area contributed by atoms with Crippen LogP contribution in [0.2, 0.25) is 5.02 Å². The van der Waals surface area contributed by atoms with E-state index in [1.807, 2.05) is 12.1 Å². The van der Waals surface area contributed by atoms with Gasteiger partial charge >= 0.3 is 0 Å². The first kappa shape index (κ1) is 14.4. The third kappa shape index (κ3) is 2.63. The third-order valence-corrected chi connectivity index (χ3v) is 4.40. The first-order valence-electron chi connectivity index (χ1n) is 6.57. The number of amides is 1. The Kier molecular flexibility index (Phi) is 3.87. The molecule has 21 heavy (non-hydrogen) atoms. The average Bonchev–Trinajstić information content (AvgIpc) is 2.47. The highest BCUT2D eigenvalue weighted by molar-refractivity contribution is 6.33. The second-order valence-corrected chi connectivity index (χ2v) is 5.76. The number of nitrogens with one attached hydrogen (secondary N) is 1. The molecule has 2 aromatic carbocycles. The minimum absolute atomic E-state index is 0.124. The summed E-state index contributed by atoms with van der Waals surface area (Å²) in [7, 11) is 0. The van der Waals surface area contributed by atoms with Crippen LogP contribution in [0.15, 0.2) is 36.4 Å². The summed E-state index contributed by atoms with van der Waals surface area (Å²) in [6, 6.07) is 9.85. The minimum Gasteiger partial charge on any atom is -0.352 e. The molecule has 2 nitrogen and oxygen atoms in total. The summed E-state index contributed by atoms with van der Waals surface area (Å²) in [6.45, 7) is 0.634. The van der Waals surface area contributed by atoms with Crippen LogP contribution >= 0.6 is 23.2 Å². The monoisotopic (exact) mass is 323 g/mol. The van der Waals surface area contributed by atoms with E-state index in [4.69, 9.17) is 23.2 Å². The molecule has 2 aromatic rings. The summed E-state index contributed by atoms with van der Waals surface area (Å²) >= 11 is 12.4. The summed E-state index contributed by atoms with van der Waals surface area (Å²) in [4.78, 5) is 11.9. The Morgan fingerprint density at radius 3 is 2.81 bits per heavy atom.